The van der Waals surface area contributed by atoms with Crippen molar-refractivity contribution in [2.24, 2.45) is 0 Å². The van der Waals surface area contributed by atoms with Gasteiger partial charge in [0.1, 0.15) is 17.5 Å². The van der Waals surface area contributed by atoms with Crippen molar-refractivity contribution in [2.45, 2.75) is 37.6 Å². The van der Waals surface area contributed by atoms with Crippen molar-refractivity contribution in [3.05, 3.63) is 83.7 Å². The summed E-state index contributed by atoms with van der Waals surface area (Å²) in [4.78, 5) is 24.1. The zero-order valence-corrected chi connectivity index (χ0v) is 18.6. The van der Waals surface area contributed by atoms with Crippen LogP contribution in [0.25, 0.3) is 22.4 Å². The topological polar surface area (TPSA) is 51.0 Å². The number of fused-ring (bicyclic) bond motifs is 1. The highest BCUT2D eigenvalue weighted by Crippen LogP contribution is 2.39. The lowest BCUT2D eigenvalue weighted by molar-refractivity contribution is 0.0791. The Morgan fingerprint density at radius 2 is 1.91 bits per heavy atom. The van der Waals surface area contributed by atoms with Crippen LogP contribution in [0.3, 0.4) is 0 Å². The number of carbonyl (C=O) groups is 1. The molecule has 1 saturated carbocycles. The van der Waals surface area contributed by atoms with E-state index < -0.39 is 11.6 Å². The minimum absolute atomic E-state index is 0.0269. The van der Waals surface area contributed by atoms with Crippen LogP contribution in [0.1, 0.15) is 53.6 Å². The highest BCUT2D eigenvalue weighted by molar-refractivity contribution is 5.98. The van der Waals surface area contributed by atoms with E-state index in [-0.39, 0.29) is 23.4 Å². The second-order valence-corrected chi connectivity index (χ2v) is 9.24. The van der Waals surface area contributed by atoms with E-state index in [4.69, 9.17) is 4.98 Å². The summed E-state index contributed by atoms with van der Waals surface area (Å²) in [6.07, 6.45) is 7.62. The van der Waals surface area contributed by atoms with Gasteiger partial charge < -0.3 is 9.47 Å². The monoisotopic (exact) mass is 458 g/mol. The Morgan fingerprint density at radius 1 is 1.03 bits per heavy atom. The summed E-state index contributed by atoms with van der Waals surface area (Å²) in [6.45, 7) is 1.35. The molecule has 4 aromatic rings. The van der Waals surface area contributed by atoms with Gasteiger partial charge in [-0.1, -0.05) is 6.07 Å². The smallest absolute Gasteiger partial charge is 0.253 e. The highest BCUT2D eigenvalue weighted by Gasteiger charge is 2.30. The standard InChI is InChI=1S/C27H24F2N4O/c28-20-7-8-22(23(29)14-20)26-31-24-13-17(6-9-25(24)33(26)21-4-1-5-21)27(34)32-12-10-19(16-32)18-3-2-11-30-15-18/h2-3,6-9,11,13-15,19,21H,1,4-5,10,12,16H2. The number of aromatic nitrogens is 3. The van der Waals surface area contributed by atoms with Crippen LogP contribution in [-0.4, -0.2) is 38.4 Å². The maximum Gasteiger partial charge on any atom is 0.253 e. The highest BCUT2D eigenvalue weighted by atomic mass is 19.1. The van der Waals surface area contributed by atoms with Crippen molar-refractivity contribution in [1.29, 1.82) is 0 Å². The van der Waals surface area contributed by atoms with Crippen molar-refractivity contribution in [3.63, 3.8) is 0 Å². The Labute approximate surface area is 196 Å². The largest absolute Gasteiger partial charge is 0.338 e. The first-order valence-electron chi connectivity index (χ1n) is 11.7. The number of likely N-dealkylation sites (tertiary alicyclic amines) is 1. The fraction of sp³-hybridized carbons (Fsp3) is 0.296. The van der Waals surface area contributed by atoms with Crippen LogP contribution in [0.15, 0.2) is 60.9 Å². The van der Waals surface area contributed by atoms with E-state index in [1.54, 1.807) is 12.3 Å². The van der Waals surface area contributed by atoms with E-state index in [9.17, 15) is 13.6 Å². The summed E-state index contributed by atoms with van der Waals surface area (Å²) >= 11 is 0. The van der Waals surface area contributed by atoms with Crippen LogP contribution in [-0.2, 0) is 0 Å². The average molecular weight is 459 g/mol. The molecule has 0 N–H and O–H groups in total. The van der Waals surface area contributed by atoms with Crippen LogP contribution < -0.4 is 0 Å². The van der Waals surface area contributed by atoms with Gasteiger partial charge in [-0.2, -0.15) is 0 Å². The van der Waals surface area contributed by atoms with Gasteiger partial charge in [-0.3, -0.25) is 9.78 Å². The second-order valence-electron chi connectivity index (χ2n) is 9.24. The molecule has 1 aliphatic carbocycles. The Kier molecular flexibility index (Phi) is 5.12. The summed E-state index contributed by atoms with van der Waals surface area (Å²) in [5, 5.41) is 0. The Hall–Kier alpha value is -3.61. The predicted octanol–water partition coefficient (Wildman–Crippen LogP) is 5.73. The van der Waals surface area contributed by atoms with E-state index in [1.165, 1.54) is 12.1 Å². The summed E-state index contributed by atoms with van der Waals surface area (Å²) in [6, 6.07) is 13.3. The zero-order chi connectivity index (χ0) is 23.2. The van der Waals surface area contributed by atoms with Crippen molar-refractivity contribution >= 4 is 16.9 Å². The average Bonchev–Trinajstić information content (AvgIpc) is 3.44. The quantitative estimate of drug-likeness (QED) is 0.392. The van der Waals surface area contributed by atoms with Crippen molar-refractivity contribution in [2.75, 3.05) is 13.1 Å². The third-order valence-electron chi connectivity index (χ3n) is 7.18. The zero-order valence-electron chi connectivity index (χ0n) is 18.6. The summed E-state index contributed by atoms with van der Waals surface area (Å²) < 4.78 is 30.2. The summed E-state index contributed by atoms with van der Waals surface area (Å²) in [5.74, 6) is -0.505. The number of amides is 1. The molecule has 5 nitrogen and oxygen atoms in total. The molecule has 0 spiro atoms. The molecular formula is C27H24F2N4O. The van der Waals surface area contributed by atoms with E-state index in [1.807, 2.05) is 29.3 Å². The van der Waals surface area contributed by atoms with Crippen LogP contribution in [0.5, 0.6) is 0 Å². The molecule has 1 atom stereocenters. The SMILES string of the molecule is O=C(c1ccc2c(c1)nc(-c1ccc(F)cc1F)n2C1CCC1)N1CCC(c2cccnc2)C1. The molecule has 2 aliphatic rings. The lowest BCUT2D eigenvalue weighted by Gasteiger charge is -2.29. The maximum atomic E-state index is 14.7. The van der Waals surface area contributed by atoms with E-state index in [0.717, 1.165) is 42.8 Å². The Balaban J connectivity index is 1.34. The van der Waals surface area contributed by atoms with Crippen LogP contribution in [0, 0.1) is 11.6 Å². The number of nitrogens with zero attached hydrogens (tertiary/aromatic N) is 4. The molecule has 0 radical (unpaired) electrons. The number of imidazole rings is 1. The molecule has 7 heteroatoms. The molecule has 6 rings (SSSR count). The number of carbonyl (C=O) groups excluding carboxylic acids is 1. The summed E-state index contributed by atoms with van der Waals surface area (Å²) in [5.41, 5.74) is 3.52. The number of hydrogen-bond acceptors (Lipinski definition) is 3. The number of benzene rings is 2. The van der Waals surface area contributed by atoms with Crippen molar-refractivity contribution in [3.8, 4) is 11.4 Å². The van der Waals surface area contributed by atoms with Crippen LogP contribution in [0.2, 0.25) is 0 Å². The van der Waals surface area contributed by atoms with Gasteiger partial charge in [0, 0.05) is 49.1 Å². The lowest BCUT2D eigenvalue weighted by Crippen LogP contribution is -2.28. The molecule has 34 heavy (non-hydrogen) atoms. The van der Waals surface area contributed by atoms with Crippen molar-refractivity contribution in [1.82, 2.24) is 19.4 Å². The minimum Gasteiger partial charge on any atom is -0.338 e. The molecule has 1 saturated heterocycles. The first-order chi connectivity index (χ1) is 16.6. The fourth-order valence-corrected chi connectivity index (χ4v) is 5.12. The van der Waals surface area contributed by atoms with Gasteiger partial charge in [0.05, 0.1) is 16.6 Å². The molecule has 0 bridgehead atoms. The van der Waals surface area contributed by atoms with Crippen LogP contribution in [0.4, 0.5) is 8.78 Å². The Bertz CT molecular complexity index is 1380. The predicted molar refractivity (Wildman–Crippen MR) is 125 cm³/mol. The molecular weight excluding hydrogens is 434 g/mol. The molecule has 2 aromatic carbocycles. The molecule has 1 unspecified atom stereocenters. The second kappa shape index (κ2) is 8.31. The van der Waals surface area contributed by atoms with Crippen molar-refractivity contribution < 1.29 is 13.6 Å². The van der Waals surface area contributed by atoms with E-state index in [2.05, 4.69) is 15.6 Å². The number of halogens is 2. The van der Waals surface area contributed by atoms with Gasteiger partial charge in [-0.15, -0.1) is 0 Å². The molecule has 1 aliphatic heterocycles. The number of pyridine rings is 1. The molecule has 172 valence electrons. The Morgan fingerprint density at radius 3 is 2.65 bits per heavy atom. The molecule has 3 heterocycles. The van der Waals surface area contributed by atoms with Gasteiger partial charge in [0.15, 0.2) is 0 Å². The van der Waals surface area contributed by atoms with Gasteiger partial charge >= 0.3 is 0 Å². The fourth-order valence-electron chi connectivity index (χ4n) is 5.12. The van der Waals surface area contributed by atoms with Gasteiger partial charge in [-0.25, -0.2) is 13.8 Å². The third kappa shape index (κ3) is 3.56. The van der Waals surface area contributed by atoms with Gasteiger partial charge in [0.25, 0.3) is 5.91 Å². The lowest BCUT2D eigenvalue weighted by atomic mass is 9.92. The molecule has 1 amide bonds. The van der Waals surface area contributed by atoms with E-state index in [0.29, 0.717) is 30.0 Å². The van der Waals surface area contributed by atoms with Gasteiger partial charge in [0.2, 0.25) is 0 Å². The minimum atomic E-state index is -0.634. The first kappa shape index (κ1) is 21.0. The number of hydrogen-bond donors (Lipinski definition) is 0. The first-order valence-corrected chi connectivity index (χ1v) is 11.7. The van der Waals surface area contributed by atoms with E-state index >= 15 is 0 Å². The van der Waals surface area contributed by atoms with Crippen LogP contribution >= 0.6 is 0 Å². The normalized spacial score (nSPS) is 18.4. The van der Waals surface area contributed by atoms with Gasteiger partial charge in [-0.05, 0) is 67.6 Å². The molecule has 2 fully saturated rings. The maximum absolute atomic E-state index is 14.7. The molecule has 2 aromatic heterocycles. The third-order valence-corrected chi connectivity index (χ3v) is 7.18. The summed E-state index contributed by atoms with van der Waals surface area (Å²) in [7, 11) is 0. The number of rotatable bonds is 4.